The van der Waals surface area contributed by atoms with Crippen LogP contribution in [0.5, 0.6) is 0 Å². The molecule has 1 saturated heterocycles. The van der Waals surface area contributed by atoms with Crippen molar-refractivity contribution in [2.24, 2.45) is 0 Å². The number of carbonyl (C=O) groups excluding carboxylic acids is 2. The third kappa shape index (κ3) is 3.60. The van der Waals surface area contributed by atoms with Crippen molar-refractivity contribution in [3.05, 3.63) is 47.0 Å². The molecule has 1 aliphatic carbocycles. The van der Waals surface area contributed by atoms with Gasteiger partial charge in [0.15, 0.2) is 0 Å². The summed E-state index contributed by atoms with van der Waals surface area (Å²) in [6, 6.07) is 7.82. The molecule has 2 aliphatic heterocycles. The smallest absolute Gasteiger partial charge is 0.409 e. The van der Waals surface area contributed by atoms with Gasteiger partial charge in [0, 0.05) is 31.0 Å². The second kappa shape index (κ2) is 8.47. The molecule has 0 saturated carbocycles. The first-order valence-corrected chi connectivity index (χ1v) is 12.0. The van der Waals surface area contributed by atoms with E-state index in [1.807, 2.05) is 24.3 Å². The van der Waals surface area contributed by atoms with Gasteiger partial charge in [0.1, 0.15) is 11.2 Å². The van der Waals surface area contributed by atoms with Gasteiger partial charge < -0.3 is 19.1 Å². The Balaban J connectivity index is 1.45. The number of halogens is 1. The number of nitrogens with zero attached hydrogens (tertiary/aromatic N) is 4. The number of carbonyl (C=O) groups is 2. The highest BCUT2D eigenvalue weighted by atomic mass is 19.1. The molecule has 7 nitrogen and oxygen atoms in total. The van der Waals surface area contributed by atoms with Gasteiger partial charge in [-0.25, -0.2) is 14.2 Å². The molecule has 176 valence electrons. The summed E-state index contributed by atoms with van der Waals surface area (Å²) < 4.78 is 21.0. The van der Waals surface area contributed by atoms with Gasteiger partial charge in [-0.2, -0.15) is 0 Å². The van der Waals surface area contributed by atoms with E-state index >= 15 is 0 Å². The average Bonchev–Trinajstić information content (AvgIpc) is 3.24. The Labute approximate surface area is 193 Å². The highest BCUT2D eigenvalue weighted by Crippen LogP contribution is 2.48. The highest BCUT2D eigenvalue weighted by molar-refractivity contribution is 6.09. The van der Waals surface area contributed by atoms with Crippen molar-refractivity contribution in [1.29, 1.82) is 0 Å². The zero-order chi connectivity index (χ0) is 23.2. The molecule has 5 rings (SSSR count). The van der Waals surface area contributed by atoms with Crippen molar-refractivity contribution >= 4 is 17.7 Å². The van der Waals surface area contributed by atoms with Crippen molar-refractivity contribution in [3.63, 3.8) is 0 Å². The Morgan fingerprint density at radius 1 is 1.24 bits per heavy atom. The van der Waals surface area contributed by atoms with Crippen LogP contribution in [0.25, 0.3) is 0 Å². The molecule has 1 unspecified atom stereocenters. The molecule has 0 radical (unpaired) electrons. The zero-order valence-electron chi connectivity index (χ0n) is 19.3. The lowest BCUT2D eigenvalue weighted by molar-refractivity contribution is -0.128. The zero-order valence-corrected chi connectivity index (χ0v) is 19.3. The molecule has 0 N–H and O–H groups in total. The summed E-state index contributed by atoms with van der Waals surface area (Å²) in [5.41, 5.74) is 3.39. The second-order valence-electron chi connectivity index (χ2n) is 9.40. The van der Waals surface area contributed by atoms with E-state index in [1.165, 1.54) is 5.69 Å². The summed E-state index contributed by atoms with van der Waals surface area (Å²) in [6.45, 7) is 5.23. The van der Waals surface area contributed by atoms with Gasteiger partial charge in [-0.05, 0) is 57.6 Å². The number of para-hydroxylation sites is 1. The van der Waals surface area contributed by atoms with Gasteiger partial charge in [0.2, 0.25) is 5.91 Å². The van der Waals surface area contributed by atoms with E-state index in [1.54, 1.807) is 23.6 Å². The van der Waals surface area contributed by atoms with E-state index in [0.29, 0.717) is 39.2 Å². The number of ether oxygens (including phenoxy) is 1. The minimum Gasteiger partial charge on any atom is -0.450 e. The maximum atomic E-state index is 13.8. The van der Waals surface area contributed by atoms with Crippen molar-refractivity contribution in [3.8, 4) is 0 Å². The highest BCUT2D eigenvalue weighted by Gasteiger charge is 2.59. The summed E-state index contributed by atoms with van der Waals surface area (Å²) in [4.78, 5) is 34.3. The van der Waals surface area contributed by atoms with Gasteiger partial charge in [-0.3, -0.25) is 4.79 Å². The van der Waals surface area contributed by atoms with Gasteiger partial charge in [0.05, 0.1) is 25.0 Å². The quantitative estimate of drug-likeness (QED) is 0.667. The number of hydrogen-bond acceptors (Lipinski definition) is 4. The van der Waals surface area contributed by atoms with Crippen LogP contribution in [0.15, 0.2) is 24.3 Å². The predicted octanol–water partition coefficient (Wildman–Crippen LogP) is 3.77. The van der Waals surface area contributed by atoms with E-state index in [2.05, 4.69) is 4.57 Å². The van der Waals surface area contributed by atoms with Crippen LogP contribution in [-0.4, -0.2) is 52.3 Å². The number of anilines is 1. The molecule has 1 fully saturated rings. The summed E-state index contributed by atoms with van der Waals surface area (Å²) >= 11 is 0. The topological polar surface area (TPSA) is 67.7 Å². The third-order valence-electron chi connectivity index (χ3n) is 7.17. The van der Waals surface area contributed by atoms with Crippen LogP contribution in [0.4, 0.5) is 14.9 Å². The maximum absolute atomic E-state index is 13.8. The minimum atomic E-state index is -0.888. The summed E-state index contributed by atoms with van der Waals surface area (Å²) in [5, 5.41) is 0. The number of rotatable bonds is 6. The molecule has 8 heteroatoms. The molecule has 1 spiro atoms. The fourth-order valence-corrected chi connectivity index (χ4v) is 5.50. The molecule has 0 bridgehead atoms. The van der Waals surface area contributed by atoms with Gasteiger partial charge >= 0.3 is 6.09 Å². The standard InChI is InChI=1S/C25H31FN4O3/c1-3-33-24(32)28-15-25(16-28)18-8-4-6-10-20(18)30(23(25)31)14-22-27-19-9-5-7-11-21(19)29(22)13-12-17(2)26/h4,6,8,10,17H,3,5,7,9,11-16H2,1-2H3. The van der Waals surface area contributed by atoms with Crippen LogP contribution >= 0.6 is 0 Å². The Hall–Kier alpha value is -2.90. The molecule has 1 aromatic heterocycles. The fraction of sp³-hybridized carbons (Fsp3) is 0.560. The molecule has 2 aromatic rings. The molecule has 3 aliphatic rings. The summed E-state index contributed by atoms with van der Waals surface area (Å²) in [6.07, 6.45) is 3.27. The Morgan fingerprint density at radius 2 is 2.00 bits per heavy atom. The number of imidazole rings is 1. The number of amides is 2. The Morgan fingerprint density at radius 3 is 2.76 bits per heavy atom. The second-order valence-corrected chi connectivity index (χ2v) is 9.40. The van der Waals surface area contributed by atoms with Crippen molar-refractivity contribution in [1.82, 2.24) is 14.5 Å². The van der Waals surface area contributed by atoms with Crippen LogP contribution in [0.2, 0.25) is 0 Å². The first kappa shape index (κ1) is 21.9. The Kier molecular flexibility index (Phi) is 5.62. The van der Waals surface area contributed by atoms with Crippen LogP contribution in [-0.2, 0) is 40.9 Å². The van der Waals surface area contributed by atoms with Gasteiger partial charge in [0.25, 0.3) is 0 Å². The third-order valence-corrected chi connectivity index (χ3v) is 7.17. The molecule has 3 heterocycles. The van der Waals surface area contributed by atoms with Crippen LogP contribution in [0, 0.1) is 0 Å². The van der Waals surface area contributed by atoms with Gasteiger partial charge in [-0.1, -0.05) is 18.2 Å². The first-order chi connectivity index (χ1) is 15.9. The molecular weight excluding hydrogens is 423 g/mol. The lowest BCUT2D eigenvalue weighted by atomic mass is 9.75. The Bertz CT molecular complexity index is 1070. The van der Waals surface area contributed by atoms with Crippen LogP contribution < -0.4 is 4.90 Å². The molecular formula is C25H31FN4O3. The normalized spacial score (nSPS) is 19.3. The monoisotopic (exact) mass is 454 g/mol. The van der Waals surface area contributed by atoms with Crippen LogP contribution in [0.1, 0.15) is 55.9 Å². The first-order valence-electron chi connectivity index (χ1n) is 12.0. The predicted molar refractivity (Wildman–Crippen MR) is 122 cm³/mol. The van der Waals surface area contributed by atoms with E-state index in [0.717, 1.165) is 48.5 Å². The van der Waals surface area contributed by atoms with E-state index in [-0.39, 0.29) is 12.0 Å². The lowest BCUT2D eigenvalue weighted by Crippen LogP contribution is -2.65. The minimum absolute atomic E-state index is 0.00405. The largest absolute Gasteiger partial charge is 0.450 e. The SMILES string of the molecule is CCOC(=O)N1CC2(C1)C(=O)N(Cc1nc3c(n1CCC(C)F)CCCC3)c1ccccc12. The number of hydrogen-bond donors (Lipinski definition) is 0. The molecule has 1 atom stereocenters. The number of fused-ring (bicyclic) bond motifs is 3. The summed E-state index contributed by atoms with van der Waals surface area (Å²) in [5.74, 6) is 0.819. The number of benzene rings is 1. The van der Waals surface area contributed by atoms with Gasteiger partial charge in [-0.15, -0.1) is 0 Å². The van der Waals surface area contributed by atoms with E-state index < -0.39 is 11.6 Å². The maximum Gasteiger partial charge on any atom is 0.409 e. The number of aryl methyl sites for hydroxylation is 1. The average molecular weight is 455 g/mol. The summed E-state index contributed by atoms with van der Waals surface area (Å²) in [7, 11) is 0. The molecule has 33 heavy (non-hydrogen) atoms. The van der Waals surface area contributed by atoms with Crippen molar-refractivity contribution < 1.29 is 18.7 Å². The van der Waals surface area contributed by atoms with E-state index in [4.69, 9.17) is 9.72 Å². The number of alkyl halides is 1. The number of aromatic nitrogens is 2. The van der Waals surface area contributed by atoms with Crippen molar-refractivity contribution in [2.75, 3.05) is 24.6 Å². The lowest BCUT2D eigenvalue weighted by Gasteiger charge is -2.45. The van der Waals surface area contributed by atoms with Crippen LogP contribution in [0.3, 0.4) is 0 Å². The van der Waals surface area contributed by atoms with Crippen molar-refractivity contribution in [2.45, 2.75) is 70.6 Å². The fourth-order valence-electron chi connectivity index (χ4n) is 5.50. The molecule has 2 amide bonds. The van der Waals surface area contributed by atoms with E-state index in [9.17, 15) is 14.0 Å². The molecule has 1 aromatic carbocycles. The number of likely N-dealkylation sites (tertiary alicyclic amines) is 1.